The summed E-state index contributed by atoms with van der Waals surface area (Å²) in [6, 6.07) is 11.1. The number of amides is 1. The maximum Gasteiger partial charge on any atom is 0.410 e. The minimum absolute atomic E-state index is 0.0524. The van der Waals surface area contributed by atoms with E-state index in [1.54, 1.807) is 39.0 Å². The molecule has 1 fully saturated rings. The number of hydrogen-bond donors (Lipinski definition) is 1. The van der Waals surface area contributed by atoms with Gasteiger partial charge in [0, 0.05) is 41.9 Å². The Hall–Kier alpha value is -2.51. The van der Waals surface area contributed by atoms with Crippen molar-refractivity contribution in [2.45, 2.75) is 31.3 Å². The predicted octanol–water partition coefficient (Wildman–Crippen LogP) is 4.85. The summed E-state index contributed by atoms with van der Waals surface area (Å²) in [5.41, 5.74) is 0.350. The Morgan fingerprint density at radius 3 is 2.21 bits per heavy atom. The van der Waals surface area contributed by atoms with Crippen molar-refractivity contribution in [3.8, 4) is 6.07 Å². The maximum atomic E-state index is 13.5. The summed E-state index contributed by atoms with van der Waals surface area (Å²) >= 11 is 12.1. The number of halogens is 2. The minimum atomic E-state index is -3.97. The lowest BCUT2D eigenvalue weighted by atomic mass is 10.2. The first-order valence-corrected chi connectivity index (χ1v) is 12.3. The van der Waals surface area contributed by atoms with Crippen LogP contribution < -0.4 is 5.32 Å². The Morgan fingerprint density at radius 1 is 1.06 bits per heavy atom. The summed E-state index contributed by atoms with van der Waals surface area (Å²) in [4.78, 5) is 13.7. The zero-order valence-electron chi connectivity index (χ0n) is 18.4. The van der Waals surface area contributed by atoms with Crippen LogP contribution in [0.15, 0.2) is 41.3 Å². The van der Waals surface area contributed by atoms with Crippen LogP contribution in [0, 0.1) is 11.3 Å². The van der Waals surface area contributed by atoms with Crippen molar-refractivity contribution in [1.29, 1.82) is 5.26 Å². The van der Waals surface area contributed by atoms with Gasteiger partial charge in [-0.3, -0.25) is 0 Å². The Bertz CT molecular complexity index is 1180. The highest BCUT2D eigenvalue weighted by atomic mass is 35.5. The molecule has 3 rings (SSSR count). The van der Waals surface area contributed by atoms with Gasteiger partial charge in [0.1, 0.15) is 10.5 Å². The van der Waals surface area contributed by atoms with Gasteiger partial charge in [-0.25, -0.2) is 13.2 Å². The van der Waals surface area contributed by atoms with Crippen LogP contribution >= 0.6 is 23.2 Å². The molecule has 0 aliphatic carbocycles. The van der Waals surface area contributed by atoms with E-state index in [-0.39, 0.29) is 42.3 Å². The third kappa shape index (κ3) is 6.30. The molecule has 0 radical (unpaired) electrons. The lowest BCUT2D eigenvalue weighted by Gasteiger charge is -2.35. The molecule has 0 saturated carbocycles. The van der Waals surface area contributed by atoms with Gasteiger partial charge in [0.25, 0.3) is 0 Å². The van der Waals surface area contributed by atoms with E-state index in [4.69, 9.17) is 27.9 Å². The molecule has 0 aromatic heterocycles. The van der Waals surface area contributed by atoms with Gasteiger partial charge in [0.2, 0.25) is 10.0 Å². The first kappa shape index (κ1) is 25.1. The number of benzene rings is 2. The third-order valence-corrected chi connectivity index (χ3v) is 7.14. The van der Waals surface area contributed by atoms with Gasteiger partial charge in [0.15, 0.2) is 0 Å². The molecule has 1 N–H and O–H groups in total. The summed E-state index contributed by atoms with van der Waals surface area (Å²) in [5.74, 6) is 0. The van der Waals surface area contributed by atoms with E-state index in [0.717, 1.165) is 0 Å². The van der Waals surface area contributed by atoms with Gasteiger partial charge in [-0.2, -0.15) is 9.57 Å². The first-order valence-electron chi connectivity index (χ1n) is 10.1. The third-order valence-electron chi connectivity index (χ3n) is 4.76. The molecule has 1 heterocycles. The predicted molar refractivity (Wildman–Crippen MR) is 127 cm³/mol. The molecular weight excluding hydrogens is 487 g/mol. The van der Waals surface area contributed by atoms with E-state index in [2.05, 4.69) is 5.32 Å². The summed E-state index contributed by atoms with van der Waals surface area (Å²) in [5, 5.41) is 13.1. The van der Waals surface area contributed by atoms with E-state index in [1.165, 1.54) is 27.4 Å². The standard InChI is InChI=1S/C22H24Cl2N4O4S/c1-22(2,3)32-21(29)27-6-8-28(9-7-27)33(30,31)20-10-15(14-25)4-5-19(20)26-18-12-16(23)11-17(24)13-18/h4-5,10-13,26H,6-9H2,1-3H3. The van der Waals surface area contributed by atoms with Crippen LogP contribution in [0.4, 0.5) is 16.2 Å². The summed E-state index contributed by atoms with van der Waals surface area (Å²) in [6.45, 7) is 5.90. The second-order valence-corrected chi connectivity index (χ2v) is 11.3. The summed E-state index contributed by atoms with van der Waals surface area (Å²) < 4.78 is 33.7. The molecule has 11 heteroatoms. The molecule has 176 valence electrons. The van der Waals surface area contributed by atoms with E-state index in [1.807, 2.05) is 6.07 Å². The fourth-order valence-corrected chi connectivity index (χ4v) is 5.39. The number of nitrogens with one attached hydrogen (secondary N) is 1. The average Bonchev–Trinajstić information content (AvgIpc) is 2.72. The number of piperazine rings is 1. The lowest BCUT2D eigenvalue weighted by molar-refractivity contribution is 0.0192. The quantitative estimate of drug-likeness (QED) is 0.630. The van der Waals surface area contributed by atoms with Crippen molar-refractivity contribution in [1.82, 2.24) is 9.21 Å². The number of sulfonamides is 1. The number of hydrogen-bond acceptors (Lipinski definition) is 6. The average molecular weight is 511 g/mol. The highest BCUT2D eigenvalue weighted by molar-refractivity contribution is 7.89. The monoisotopic (exact) mass is 510 g/mol. The zero-order valence-corrected chi connectivity index (χ0v) is 20.8. The Balaban J connectivity index is 1.85. The molecule has 1 aliphatic rings. The molecule has 2 aromatic carbocycles. The van der Waals surface area contributed by atoms with E-state index >= 15 is 0 Å². The second kappa shape index (κ2) is 9.77. The van der Waals surface area contributed by atoms with Crippen molar-refractivity contribution in [2.75, 3.05) is 31.5 Å². The number of anilines is 2. The first-order chi connectivity index (χ1) is 15.4. The number of carbonyl (C=O) groups is 1. The SMILES string of the molecule is CC(C)(C)OC(=O)N1CCN(S(=O)(=O)c2cc(C#N)ccc2Nc2cc(Cl)cc(Cl)c2)CC1. The lowest BCUT2D eigenvalue weighted by Crippen LogP contribution is -2.51. The van der Waals surface area contributed by atoms with Crippen LogP contribution in [0.3, 0.4) is 0 Å². The van der Waals surface area contributed by atoms with Gasteiger partial charge in [-0.05, 0) is 57.2 Å². The molecule has 1 aliphatic heterocycles. The van der Waals surface area contributed by atoms with E-state index in [9.17, 15) is 18.5 Å². The number of nitrogens with zero attached hydrogens (tertiary/aromatic N) is 3. The van der Waals surface area contributed by atoms with Gasteiger partial charge in [-0.1, -0.05) is 23.2 Å². The van der Waals surface area contributed by atoms with Gasteiger partial charge in [-0.15, -0.1) is 0 Å². The topological polar surface area (TPSA) is 103 Å². The normalized spacial score (nSPS) is 15.1. The van der Waals surface area contributed by atoms with Crippen LogP contribution in [-0.4, -0.2) is 55.5 Å². The summed E-state index contributed by atoms with van der Waals surface area (Å²) in [6.07, 6.45) is -0.480. The molecular formula is C22H24Cl2N4O4S. The Labute approximate surface area is 203 Å². The Morgan fingerprint density at radius 2 is 1.67 bits per heavy atom. The van der Waals surface area contributed by atoms with Crippen molar-refractivity contribution in [3.63, 3.8) is 0 Å². The number of nitriles is 1. The van der Waals surface area contributed by atoms with Crippen LogP contribution in [0.2, 0.25) is 10.0 Å². The highest BCUT2D eigenvalue weighted by Crippen LogP contribution is 2.31. The number of ether oxygens (including phenoxy) is 1. The molecule has 2 aromatic rings. The molecule has 0 unspecified atom stereocenters. The van der Waals surface area contributed by atoms with Crippen LogP contribution in [0.5, 0.6) is 0 Å². The van der Waals surface area contributed by atoms with E-state index < -0.39 is 21.7 Å². The molecule has 33 heavy (non-hydrogen) atoms. The number of carbonyl (C=O) groups excluding carboxylic acids is 1. The van der Waals surface area contributed by atoms with Crippen molar-refractivity contribution in [3.05, 3.63) is 52.0 Å². The van der Waals surface area contributed by atoms with E-state index in [0.29, 0.717) is 15.7 Å². The van der Waals surface area contributed by atoms with Gasteiger partial charge >= 0.3 is 6.09 Å². The van der Waals surface area contributed by atoms with Gasteiger partial charge in [0.05, 0.1) is 17.3 Å². The van der Waals surface area contributed by atoms with Crippen LogP contribution in [0.25, 0.3) is 0 Å². The molecule has 0 atom stereocenters. The van der Waals surface area contributed by atoms with Crippen LogP contribution in [-0.2, 0) is 14.8 Å². The smallest absolute Gasteiger partial charge is 0.410 e. The molecule has 1 saturated heterocycles. The molecule has 1 amide bonds. The second-order valence-electron chi connectivity index (χ2n) is 8.48. The largest absolute Gasteiger partial charge is 0.444 e. The van der Waals surface area contributed by atoms with Crippen molar-refractivity contribution < 1.29 is 17.9 Å². The number of rotatable bonds is 4. The molecule has 0 spiro atoms. The minimum Gasteiger partial charge on any atom is -0.444 e. The maximum absolute atomic E-state index is 13.5. The fraction of sp³-hybridized carbons (Fsp3) is 0.364. The van der Waals surface area contributed by atoms with Crippen molar-refractivity contribution >= 4 is 50.7 Å². The zero-order chi connectivity index (χ0) is 24.4. The highest BCUT2D eigenvalue weighted by Gasteiger charge is 2.33. The van der Waals surface area contributed by atoms with Gasteiger partial charge < -0.3 is 15.0 Å². The Kier molecular flexibility index (Phi) is 7.44. The fourth-order valence-electron chi connectivity index (χ4n) is 3.27. The van der Waals surface area contributed by atoms with Crippen molar-refractivity contribution in [2.24, 2.45) is 0 Å². The van der Waals surface area contributed by atoms with Crippen LogP contribution in [0.1, 0.15) is 26.3 Å². The molecule has 8 nitrogen and oxygen atoms in total. The summed E-state index contributed by atoms with van der Waals surface area (Å²) in [7, 11) is -3.97. The molecule has 0 bridgehead atoms.